The fourth-order valence-electron chi connectivity index (χ4n) is 5.18. The minimum Gasteiger partial charge on any atom is -0.355 e. The third kappa shape index (κ3) is 7.03. The first-order chi connectivity index (χ1) is 19.7. The molecule has 216 valence electrons. The molecule has 3 amide bonds. The molecule has 1 aliphatic carbocycles. The van der Waals surface area contributed by atoms with Gasteiger partial charge < -0.3 is 10.6 Å². The largest absolute Gasteiger partial charge is 0.355 e. The van der Waals surface area contributed by atoms with E-state index in [2.05, 4.69) is 15.6 Å². The minimum absolute atomic E-state index is 0.0320. The second-order valence-corrected chi connectivity index (χ2v) is 12.8. The Bertz CT molecular complexity index is 1500. The Morgan fingerprint density at radius 3 is 2.46 bits per heavy atom. The molecular formula is C28H32N6O5S2. The quantitative estimate of drug-likeness (QED) is 0.400. The number of amidine groups is 2. The van der Waals surface area contributed by atoms with E-state index in [1.165, 1.54) is 30.3 Å². The number of nitrogens with one attached hydrogen (secondary N) is 2. The van der Waals surface area contributed by atoms with Gasteiger partial charge in [-0.2, -0.15) is 4.99 Å². The molecule has 0 saturated heterocycles. The Balaban J connectivity index is 1.21. The van der Waals surface area contributed by atoms with Crippen LogP contribution >= 0.6 is 11.8 Å². The third-order valence-electron chi connectivity index (χ3n) is 7.28. The summed E-state index contributed by atoms with van der Waals surface area (Å²) in [6, 6.07) is 12.8. The number of hydrogen-bond acceptors (Lipinski definition) is 8. The minimum atomic E-state index is -3.76. The molecule has 1 saturated carbocycles. The van der Waals surface area contributed by atoms with Gasteiger partial charge in [-0.3, -0.25) is 19.3 Å². The smallest absolute Gasteiger partial charge is 0.271 e. The number of fused-ring (bicyclic) bond motifs is 3. The molecule has 1 fully saturated rings. The van der Waals surface area contributed by atoms with Crippen molar-refractivity contribution >= 4 is 56.2 Å². The third-order valence-corrected chi connectivity index (χ3v) is 9.16. The van der Waals surface area contributed by atoms with Gasteiger partial charge in [-0.25, -0.2) is 18.5 Å². The molecule has 0 radical (unpaired) electrons. The molecule has 13 heteroatoms. The molecule has 2 heterocycles. The van der Waals surface area contributed by atoms with Crippen molar-refractivity contribution in [2.75, 3.05) is 12.3 Å². The second kappa shape index (κ2) is 12.5. The zero-order valence-corrected chi connectivity index (χ0v) is 24.0. The van der Waals surface area contributed by atoms with E-state index < -0.39 is 22.0 Å². The maximum absolute atomic E-state index is 13.0. The Hall–Kier alpha value is -3.55. The summed E-state index contributed by atoms with van der Waals surface area (Å²) in [7, 11) is -3.76. The normalized spacial score (nSPS) is 18.7. The number of carbonyl (C=O) groups excluding carboxylic acids is 3. The van der Waals surface area contributed by atoms with E-state index in [0.717, 1.165) is 31.2 Å². The van der Waals surface area contributed by atoms with Crippen molar-refractivity contribution in [2.45, 2.75) is 61.9 Å². The highest BCUT2D eigenvalue weighted by molar-refractivity contribution is 8.14. The number of thioether (sulfide) groups is 1. The number of primary sulfonamides is 1. The van der Waals surface area contributed by atoms with Gasteiger partial charge in [-0.15, -0.1) is 0 Å². The van der Waals surface area contributed by atoms with Gasteiger partial charge in [0.1, 0.15) is 11.9 Å². The molecule has 41 heavy (non-hydrogen) atoms. The molecule has 5 rings (SSSR count). The molecule has 1 unspecified atom stereocenters. The van der Waals surface area contributed by atoms with Crippen molar-refractivity contribution in [1.29, 1.82) is 0 Å². The molecule has 1 atom stereocenters. The zero-order chi connectivity index (χ0) is 29.0. The summed E-state index contributed by atoms with van der Waals surface area (Å²) in [5.41, 5.74) is 2.20. The van der Waals surface area contributed by atoms with Crippen LogP contribution in [-0.4, -0.2) is 66.4 Å². The standard InChI is InChI=1S/C28H32N6O5S2/c29-41(38,39)20-12-10-18(11-13-20)14-15-30-25(36)17-40-28-32-22-9-5-4-8-21(22)26-33-27(37)23(34(26)28)16-24(35)31-19-6-2-1-3-7-19/h4-5,8-13,19,23H,1-3,6-7,14-17H2,(H,30,36)(H,31,35)(H2,29,38,39). The van der Waals surface area contributed by atoms with Crippen molar-refractivity contribution in [3.05, 3.63) is 59.7 Å². The van der Waals surface area contributed by atoms with Crippen LogP contribution in [0.15, 0.2) is 63.4 Å². The van der Waals surface area contributed by atoms with Gasteiger partial charge in [-0.1, -0.05) is 55.3 Å². The first-order valence-electron chi connectivity index (χ1n) is 13.6. The molecule has 0 aromatic heterocycles. The predicted molar refractivity (Wildman–Crippen MR) is 157 cm³/mol. The number of para-hydroxylation sites is 1. The van der Waals surface area contributed by atoms with Crippen LogP contribution < -0.4 is 15.8 Å². The van der Waals surface area contributed by atoms with Crippen LogP contribution in [0.25, 0.3) is 0 Å². The summed E-state index contributed by atoms with van der Waals surface area (Å²) in [5.74, 6) is -0.327. The highest BCUT2D eigenvalue weighted by Crippen LogP contribution is 2.35. The SMILES string of the molecule is NS(=O)(=O)c1ccc(CCNC(=O)CSC2=Nc3ccccc3C3=NC(=O)C(CC(=O)NC4CCCCC4)N23)cc1. The fourth-order valence-corrected chi connectivity index (χ4v) is 6.58. The molecule has 0 bridgehead atoms. The summed E-state index contributed by atoms with van der Waals surface area (Å²) in [4.78, 5) is 49.4. The maximum Gasteiger partial charge on any atom is 0.271 e. The Morgan fingerprint density at radius 1 is 1.00 bits per heavy atom. The number of rotatable bonds is 9. The van der Waals surface area contributed by atoms with Gasteiger partial charge in [0.25, 0.3) is 5.91 Å². The molecular weight excluding hydrogens is 564 g/mol. The highest BCUT2D eigenvalue weighted by atomic mass is 32.2. The van der Waals surface area contributed by atoms with Crippen molar-refractivity contribution in [2.24, 2.45) is 15.1 Å². The van der Waals surface area contributed by atoms with Crippen molar-refractivity contribution < 1.29 is 22.8 Å². The van der Waals surface area contributed by atoms with Crippen LogP contribution in [0.5, 0.6) is 0 Å². The maximum atomic E-state index is 13.0. The van der Waals surface area contributed by atoms with Crippen LogP contribution in [0, 0.1) is 0 Å². The number of carbonyl (C=O) groups is 3. The van der Waals surface area contributed by atoms with E-state index in [4.69, 9.17) is 10.1 Å². The molecule has 2 aliphatic heterocycles. The average molecular weight is 597 g/mol. The lowest BCUT2D eigenvalue weighted by Crippen LogP contribution is -2.47. The van der Waals surface area contributed by atoms with Crippen LogP contribution in [0.1, 0.15) is 49.7 Å². The van der Waals surface area contributed by atoms with E-state index in [-0.39, 0.29) is 34.9 Å². The van der Waals surface area contributed by atoms with Gasteiger partial charge in [0.15, 0.2) is 5.17 Å². The molecule has 11 nitrogen and oxygen atoms in total. The van der Waals surface area contributed by atoms with E-state index in [9.17, 15) is 22.8 Å². The van der Waals surface area contributed by atoms with Crippen molar-refractivity contribution in [3.8, 4) is 0 Å². The molecule has 0 spiro atoms. The van der Waals surface area contributed by atoms with Crippen LogP contribution in [0.2, 0.25) is 0 Å². The number of amides is 3. The summed E-state index contributed by atoms with van der Waals surface area (Å²) in [6.07, 6.45) is 5.71. The van der Waals surface area contributed by atoms with Crippen LogP contribution in [0.3, 0.4) is 0 Å². The van der Waals surface area contributed by atoms with E-state index in [1.54, 1.807) is 17.0 Å². The lowest BCUT2D eigenvalue weighted by Gasteiger charge is -2.31. The Labute approximate surface area is 243 Å². The Morgan fingerprint density at radius 2 is 1.73 bits per heavy atom. The van der Waals surface area contributed by atoms with Gasteiger partial charge in [0, 0.05) is 18.2 Å². The summed E-state index contributed by atoms with van der Waals surface area (Å²) >= 11 is 1.18. The fraction of sp³-hybridized carbons (Fsp3) is 0.393. The number of benzene rings is 2. The van der Waals surface area contributed by atoms with E-state index in [0.29, 0.717) is 35.2 Å². The number of nitrogens with zero attached hydrogens (tertiary/aromatic N) is 3. The molecule has 4 N–H and O–H groups in total. The number of aliphatic imine (C=N–C) groups is 2. The van der Waals surface area contributed by atoms with E-state index >= 15 is 0 Å². The van der Waals surface area contributed by atoms with Gasteiger partial charge in [-0.05, 0) is 49.1 Å². The number of nitrogens with two attached hydrogens (primary N) is 1. The average Bonchev–Trinajstić information content (AvgIpc) is 3.28. The zero-order valence-electron chi connectivity index (χ0n) is 22.4. The van der Waals surface area contributed by atoms with Crippen LogP contribution in [-0.2, 0) is 30.8 Å². The number of hydrogen-bond donors (Lipinski definition) is 3. The van der Waals surface area contributed by atoms with Gasteiger partial charge >= 0.3 is 0 Å². The van der Waals surface area contributed by atoms with E-state index in [1.807, 2.05) is 24.3 Å². The predicted octanol–water partition coefficient (Wildman–Crippen LogP) is 2.22. The summed E-state index contributed by atoms with van der Waals surface area (Å²) in [5, 5.41) is 11.5. The first-order valence-corrected chi connectivity index (χ1v) is 16.1. The first kappa shape index (κ1) is 29.0. The topological polar surface area (TPSA) is 163 Å². The lowest BCUT2D eigenvalue weighted by molar-refractivity contribution is -0.127. The Kier molecular flexibility index (Phi) is 8.85. The monoisotopic (exact) mass is 596 g/mol. The summed E-state index contributed by atoms with van der Waals surface area (Å²) in [6.45, 7) is 0.350. The molecule has 2 aromatic carbocycles. The van der Waals surface area contributed by atoms with Crippen molar-refractivity contribution in [3.63, 3.8) is 0 Å². The highest BCUT2D eigenvalue weighted by Gasteiger charge is 2.43. The van der Waals surface area contributed by atoms with Crippen molar-refractivity contribution in [1.82, 2.24) is 15.5 Å². The van der Waals surface area contributed by atoms with Crippen LogP contribution in [0.4, 0.5) is 5.69 Å². The summed E-state index contributed by atoms with van der Waals surface area (Å²) < 4.78 is 22.8. The second-order valence-electron chi connectivity index (χ2n) is 10.3. The molecule has 3 aliphatic rings. The van der Waals surface area contributed by atoms with Gasteiger partial charge in [0.2, 0.25) is 21.8 Å². The van der Waals surface area contributed by atoms with Gasteiger partial charge in [0.05, 0.1) is 22.8 Å². The lowest BCUT2D eigenvalue weighted by atomic mass is 9.95. The molecule has 2 aromatic rings. The number of sulfonamides is 1.